The summed E-state index contributed by atoms with van der Waals surface area (Å²) in [5.74, 6) is 0.607. The Morgan fingerprint density at radius 3 is 2.79 bits per heavy atom. The van der Waals surface area contributed by atoms with Gasteiger partial charge in [-0.3, -0.25) is 0 Å². The van der Waals surface area contributed by atoms with E-state index in [2.05, 4.69) is 31.3 Å². The van der Waals surface area contributed by atoms with Gasteiger partial charge in [-0.05, 0) is 56.0 Å². The molecule has 1 aromatic carbocycles. The van der Waals surface area contributed by atoms with Gasteiger partial charge in [0.2, 0.25) is 0 Å². The molecule has 3 heteroatoms. The van der Waals surface area contributed by atoms with Crippen molar-refractivity contribution in [3.05, 3.63) is 34.9 Å². The third kappa shape index (κ3) is 7.56. The summed E-state index contributed by atoms with van der Waals surface area (Å²) in [5, 5.41) is 4.26. The molecule has 0 saturated carbocycles. The fraction of sp³-hybridized carbons (Fsp3) is 0.625. The second-order valence-electron chi connectivity index (χ2n) is 4.91. The first-order valence-corrected chi connectivity index (χ1v) is 7.67. The number of ether oxygens (including phenoxy) is 1. The van der Waals surface area contributed by atoms with Crippen LogP contribution in [0.1, 0.15) is 32.3 Å². The Morgan fingerprint density at radius 1 is 1.26 bits per heavy atom. The van der Waals surface area contributed by atoms with Crippen molar-refractivity contribution in [2.24, 2.45) is 5.92 Å². The summed E-state index contributed by atoms with van der Waals surface area (Å²) in [7, 11) is 0. The number of hydrogen-bond donors (Lipinski definition) is 1. The standard InChI is InChI=1S/C16H26ClNO/c1-3-9-19-10-8-15(13-18-4-2)11-14-6-5-7-16(17)12-14/h5-7,12,15,18H,3-4,8-11,13H2,1-2H3. The van der Waals surface area contributed by atoms with E-state index in [-0.39, 0.29) is 0 Å². The van der Waals surface area contributed by atoms with Crippen LogP contribution in [0.4, 0.5) is 0 Å². The Labute approximate surface area is 122 Å². The van der Waals surface area contributed by atoms with E-state index >= 15 is 0 Å². The molecule has 2 nitrogen and oxygen atoms in total. The van der Waals surface area contributed by atoms with Gasteiger partial charge in [-0.25, -0.2) is 0 Å². The fourth-order valence-corrected chi connectivity index (χ4v) is 2.33. The summed E-state index contributed by atoms with van der Waals surface area (Å²) in [6.07, 6.45) is 3.24. The van der Waals surface area contributed by atoms with Gasteiger partial charge in [0, 0.05) is 18.2 Å². The molecule has 0 saturated heterocycles. The summed E-state index contributed by atoms with van der Waals surface area (Å²) in [6, 6.07) is 8.16. The predicted molar refractivity (Wildman–Crippen MR) is 82.9 cm³/mol. The Morgan fingerprint density at radius 2 is 2.11 bits per heavy atom. The molecule has 1 unspecified atom stereocenters. The maximum Gasteiger partial charge on any atom is 0.0469 e. The molecule has 1 atom stereocenters. The number of benzene rings is 1. The van der Waals surface area contributed by atoms with Crippen LogP contribution in [0.15, 0.2) is 24.3 Å². The van der Waals surface area contributed by atoms with Crippen molar-refractivity contribution in [1.29, 1.82) is 0 Å². The van der Waals surface area contributed by atoms with Crippen molar-refractivity contribution in [3.8, 4) is 0 Å². The highest BCUT2D eigenvalue weighted by atomic mass is 35.5. The van der Waals surface area contributed by atoms with Crippen molar-refractivity contribution in [2.75, 3.05) is 26.3 Å². The van der Waals surface area contributed by atoms with E-state index in [0.717, 1.165) is 50.6 Å². The molecule has 0 aliphatic heterocycles. The van der Waals surface area contributed by atoms with Gasteiger partial charge < -0.3 is 10.1 Å². The van der Waals surface area contributed by atoms with Crippen LogP contribution in [0.3, 0.4) is 0 Å². The molecule has 0 aliphatic carbocycles. The Hall–Kier alpha value is -0.570. The lowest BCUT2D eigenvalue weighted by Gasteiger charge is -2.17. The largest absolute Gasteiger partial charge is 0.381 e. The van der Waals surface area contributed by atoms with E-state index in [1.807, 2.05) is 12.1 Å². The third-order valence-electron chi connectivity index (χ3n) is 3.12. The maximum atomic E-state index is 6.04. The number of hydrogen-bond acceptors (Lipinski definition) is 2. The number of rotatable bonds is 10. The van der Waals surface area contributed by atoms with Crippen LogP contribution in [0.25, 0.3) is 0 Å². The highest BCUT2D eigenvalue weighted by molar-refractivity contribution is 6.30. The van der Waals surface area contributed by atoms with Crippen molar-refractivity contribution < 1.29 is 4.74 Å². The van der Waals surface area contributed by atoms with Crippen LogP contribution in [0, 0.1) is 5.92 Å². The minimum absolute atomic E-state index is 0.607. The maximum absolute atomic E-state index is 6.04. The zero-order valence-electron chi connectivity index (χ0n) is 12.1. The zero-order valence-corrected chi connectivity index (χ0v) is 12.9. The van der Waals surface area contributed by atoms with Crippen LogP contribution >= 0.6 is 11.6 Å². The Bertz CT molecular complexity index is 343. The zero-order chi connectivity index (χ0) is 13.9. The molecular formula is C16H26ClNO. The molecule has 1 rings (SSSR count). The first-order valence-electron chi connectivity index (χ1n) is 7.29. The van der Waals surface area contributed by atoms with Crippen LogP contribution < -0.4 is 5.32 Å². The van der Waals surface area contributed by atoms with Gasteiger partial charge in [0.25, 0.3) is 0 Å². The summed E-state index contributed by atoms with van der Waals surface area (Å²) in [5.41, 5.74) is 1.31. The molecule has 0 radical (unpaired) electrons. The molecule has 19 heavy (non-hydrogen) atoms. The van der Waals surface area contributed by atoms with Gasteiger partial charge in [0.05, 0.1) is 0 Å². The molecule has 1 N–H and O–H groups in total. The fourth-order valence-electron chi connectivity index (χ4n) is 2.12. The highest BCUT2D eigenvalue weighted by Gasteiger charge is 2.09. The monoisotopic (exact) mass is 283 g/mol. The molecule has 0 fully saturated rings. The second kappa shape index (κ2) is 10.2. The lowest BCUT2D eigenvalue weighted by atomic mass is 9.96. The highest BCUT2D eigenvalue weighted by Crippen LogP contribution is 2.16. The van der Waals surface area contributed by atoms with Crippen LogP contribution in [0.5, 0.6) is 0 Å². The van der Waals surface area contributed by atoms with Crippen LogP contribution in [0.2, 0.25) is 5.02 Å². The molecule has 0 heterocycles. The van der Waals surface area contributed by atoms with E-state index in [1.54, 1.807) is 0 Å². The minimum Gasteiger partial charge on any atom is -0.381 e. The third-order valence-corrected chi connectivity index (χ3v) is 3.35. The lowest BCUT2D eigenvalue weighted by Crippen LogP contribution is -2.25. The van der Waals surface area contributed by atoms with Gasteiger partial charge in [-0.2, -0.15) is 0 Å². The normalized spacial score (nSPS) is 12.6. The van der Waals surface area contributed by atoms with Crippen LogP contribution in [-0.4, -0.2) is 26.3 Å². The Kier molecular flexibility index (Phi) is 8.89. The minimum atomic E-state index is 0.607. The number of halogens is 1. The van der Waals surface area contributed by atoms with Crippen molar-refractivity contribution >= 4 is 11.6 Å². The van der Waals surface area contributed by atoms with E-state index in [9.17, 15) is 0 Å². The molecular weight excluding hydrogens is 258 g/mol. The molecule has 0 spiro atoms. The molecule has 0 aromatic heterocycles. The average molecular weight is 284 g/mol. The lowest BCUT2D eigenvalue weighted by molar-refractivity contribution is 0.120. The van der Waals surface area contributed by atoms with Crippen LogP contribution in [-0.2, 0) is 11.2 Å². The summed E-state index contributed by atoms with van der Waals surface area (Å²) < 4.78 is 5.60. The molecule has 1 aromatic rings. The molecule has 0 aliphatic rings. The van der Waals surface area contributed by atoms with Gasteiger partial charge in [0.1, 0.15) is 0 Å². The SMILES string of the molecule is CCCOCCC(CNCC)Cc1cccc(Cl)c1. The first kappa shape index (κ1) is 16.5. The van der Waals surface area contributed by atoms with E-state index in [4.69, 9.17) is 16.3 Å². The first-order chi connectivity index (χ1) is 9.26. The van der Waals surface area contributed by atoms with E-state index in [0.29, 0.717) is 5.92 Å². The summed E-state index contributed by atoms with van der Waals surface area (Å²) >= 11 is 6.04. The van der Waals surface area contributed by atoms with E-state index in [1.165, 1.54) is 5.56 Å². The summed E-state index contributed by atoms with van der Waals surface area (Å²) in [4.78, 5) is 0. The predicted octanol–water partition coefficient (Wildman–Crippen LogP) is 3.92. The second-order valence-corrected chi connectivity index (χ2v) is 5.35. The van der Waals surface area contributed by atoms with Gasteiger partial charge in [-0.15, -0.1) is 0 Å². The smallest absolute Gasteiger partial charge is 0.0469 e. The average Bonchev–Trinajstić information content (AvgIpc) is 2.40. The summed E-state index contributed by atoms with van der Waals surface area (Å²) in [6.45, 7) is 8.06. The molecule has 108 valence electrons. The molecule has 0 amide bonds. The number of nitrogens with one attached hydrogen (secondary N) is 1. The van der Waals surface area contributed by atoms with E-state index < -0.39 is 0 Å². The molecule has 0 bridgehead atoms. The van der Waals surface area contributed by atoms with Gasteiger partial charge in [0.15, 0.2) is 0 Å². The quantitative estimate of drug-likeness (QED) is 0.657. The Balaban J connectivity index is 2.43. The van der Waals surface area contributed by atoms with Gasteiger partial charge >= 0.3 is 0 Å². The topological polar surface area (TPSA) is 21.3 Å². The van der Waals surface area contributed by atoms with Crippen molar-refractivity contribution in [1.82, 2.24) is 5.32 Å². The van der Waals surface area contributed by atoms with Crippen molar-refractivity contribution in [3.63, 3.8) is 0 Å². The van der Waals surface area contributed by atoms with Gasteiger partial charge in [-0.1, -0.05) is 37.6 Å². The van der Waals surface area contributed by atoms with Crippen molar-refractivity contribution in [2.45, 2.75) is 33.1 Å².